The summed E-state index contributed by atoms with van der Waals surface area (Å²) in [6, 6.07) is 9.60. The van der Waals surface area contributed by atoms with Crippen molar-refractivity contribution in [2.45, 2.75) is 58.5 Å². The average molecular weight is 486 g/mol. The predicted molar refractivity (Wildman–Crippen MR) is 122 cm³/mol. The highest BCUT2D eigenvalue weighted by atomic mass is 35.5. The van der Waals surface area contributed by atoms with Gasteiger partial charge in [-0.05, 0) is 37.1 Å². The summed E-state index contributed by atoms with van der Waals surface area (Å²) in [5.74, 6) is 0. The Balaban J connectivity index is 0.000000523. The molecule has 0 fully saturated rings. The van der Waals surface area contributed by atoms with E-state index in [1.165, 1.54) is 0 Å². The molecule has 0 radical (unpaired) electrons. The normalized spacial score (nSPS) is 14.7. The van der Waals surface area contributed by atoms with Crippen LogP contribution in [0.25, 0.3) is 0 Å². The molecule has 4 N–H and O–H groups in total. The van der Waals surface area contributed by atoms with Gasteiger partial charge in [0.05, 0.1) is 12.2 Å². The maximum atomic E-state index is 9.68. The maximum Gasteiger partial charge on any atom is 0.106 e. The van der Waals surface area contributed by atoms with Crippen molar-refractivity contribution in [1.29, 1.82) is 0 Å². The summed E-state index contributed by atoms with van der Waals surface area (Å²) in [5.41, 5.74) is 1.01. The molecule has 0 saturated carbocycles. The van der Waals surface area contributed by atoms with Crippen LogP contribution in [-0.4, -0.2) is 32.6 Å². The van der Waals surface area contributed by atoms with E-state index in [1.54, 1.807) is 50.2 Å². The largest absolute Gasteiger partial charge is 0.390 e. The van der Waals surface area contributed by atoms with Crippen LogP contribution in [0, 0.1) is 0 Å². The van der Waals surface area contributed by atoms with Gasteiger partial charge in [0.1, 0.15) is 12.2 Å². The molecular weight excluding hydrogens is 458 g/mol. The molecule has 0 aliphatic heterocycles. The molecule has 0 heterocycles. The molecular formula is C21H28Cl4O4. The highest BCUT2D eigenvalue weighted by molar-refractivity contribution is 6.35. The van der Waals surface area contributed by atoms with E-state index >= 15 is 0 Å². The molecule has 4 atom stereocenters. The van der Waals surface area contributed by atoms with Crippen molar-refractivity contribution >= 4 is 46.4 Å². The molecule has 4 nitrogen and oxygen atoms in total. The van der Waals surface area contributed by atoms with Gasteiger partial charge in [-0.25, -0.2) is 0 Å². The fourth-order valence-corrected chi connectivity index (χ4v) is 3.38. The fraction of sp³-hybridized carbons (Fsp3) is 0.429. The molecule has 0 aliphatic carbocycles. The van der Waals surface area contributed by atoms with Gasteiger partial charge < -0.3 is 20.4 Å². The number of rotatable bonds is 6. The fourth-order valence-electron chi connectivity index (χ4n) is 2.34. The first-order valence-corrected chi connectivity index (χ1v) is 10.3. The van der Waals surface area contributed by atoms with E-state index in [4.69, 9.17) is 46.4 Å². The Morgan fingerprint density at radius 2 is 0.966 bits per heavy atom. The smallest absolute Gasteiger partial charge is 0.106 e. The number of aliphatic hydroxyl groups is 4. The summed E-state index contributed by atoms with van der Waals surface area (Å²) in [6.45, 7) is 3.58. The van der Waals surface area contributed by atoms with Gasteiger partial charge in [-0.2, -0.15) is 0 Å². The van der Waals surface area contributed by atoms with Crippen LogP contribution >= 0.6 is 46.4 Å². The van der Waals surface area contributed by atoms with E-state index in [2.05, 4.69) is 0 Å². The molecule has 29 heavy (non-hydrogen) atoms. The average Bonchev–Trinajstić information content (AvgIpc) is 2.66. The lowest BCUT2D eigenvalue weighted by atomic mass is 10.0. The SMILES string of the molecule is C.CC[C@@H](O)[C@H](O)c1ccc(Cl)cc1Cl.CC[C@H](O)[C@@H](O)c1ccc(Cl)cc1Cl. The third-order valence-corrected chi connectivity index (χ3v) is 5.25. The molecule has 0 aromatic heterocycles. The van der Waals surface area contributed by atoms with Gasteiger partial charge in [0.25, 0.3) is 0 Å². The molecule has 0 amide bonds. The zero-order valence-corrected chi connectivity index (χ0v) is 18.5. The molecule has 2 aromatic rings. The highest BCUT2D eigenvalue weighted by Gasteiger charge is 2.19. The van der Waals surface area contributed by atoms with E-state index in [1.807, 2.05) is 0 Å². The molecule has 0 saturated heterocycles. The lowest BCUT2D eigenvalue weighted by Crippen LogP contribution is -2.17. The third-order valence-electron chi connectivity index (χ3n) is 4.13. The van der Waals surface area contributed by atoms with Crippen LogP contribution in [0.5, 0.6) is 0 Å². The van der Waals surface area contributed by atoms with Gasteiger partial charge in [0.15, 0.2) is 0 Å². The van der Waals surface area contributed by atoms with Gasteiger partial charge in [-0.1, -0.05) is 79.8 Å². The van der Waals surface area contributed by atoms with Crippen molar-refractivity contribution in [3.63, 3.8) is 0 Å². The van der Waals surface area contributed by atoms with Crippen LogP contribution in [-0.2, 0) is 0 Å². The minimum atomic E-state index is -0.954. The number of hydrogen-bond acceptors (Lipinski definition) is 4. The van der Waals surface area contributed by atoms with E-state index < -0.39 is 24.4 Å². The topological polar surface area (TPSA) is 80.9 Å². The Labute approximate surface area is 192 Å². The van der Waals surface area contributed by atoms with Crippen molar-refractivity contribution in [1.82, 2.24) is 0 Å². The molecule has 0 unspecified atom stereocenters. The first kappa shape index (κ1) is 28.4. The zero-order valence-electron chi connectivity index (χ0n) is 15.5. The Bertz CT molecular complexity index is 694. The Hall–Kier alpha value is -0.560. The molecule has 8 heteroatoms. The van der Waals surface area contributed by atoms with Crippen molar-refractivity contribution < 1.29 is 20.4 Å². The summed E-state index contributed by atoms with van der Waals surface area (Å²) < 4.78 is 0. The Morgan fingerprint density at radius 1 is 0.655 bits per heavy atom. The summed E-state index contributed by atoms with van der Waals surface area (Å²) in [4.78, 5) is 0. The van der Waals surface area contributed by atoms with E-state index in [0.717, 1.165) is 0 Å². The van der Waals surface area contributed by atoms with Crippen molar-refractivity contribution in [3.8, 4) is 0 Å². The van der Waals surface area contributed by atoms with E-state index in [0.29, 0.717) is 44.1 Å². The van der Waals surface area contributed by atoms with Crippen molar-refractivity contribution in [2.75, 3.05) is 0 Å². The summed E-state index contributed by atoms with van der Waals surface area (Å²) in [6.07, 6.45) is -2.56. The second-order valence-electron chi connectivity index (χ2n) is 6.17. The molecule has 2 rings (SSSR count). The van der Waals surface area contributed by atoms with Gasteiger partial charge in [-0.15, -0.1) is 0 Å². The number of hydrogen-bond donors (Lipinski definition) is 4. The Morgan fingerprint density at radius 3 is 1.21 bits per heavy atom. The number of halogens is 4. The molecule has 0 spiro atoms. The monoisotopic (exact) mass is 484 g/mol. The summed E-state index contributed by atoms with van der Waals surface area (Å²) >= 11 is 23.2. The standard InChI is InChI=1S/2C10H12Cl2O2.CH4/c2*1-2-9(13)10(14)7-4-3-6(11)5-8(7)12;/h2*3-5,9-10,13-14H,2H2,1H3;1H4/t2*9-,10-;/m10./s1. The minimum absolute atomic E-state index is 0. The lowest BCUT2D eigenvalue weighted by molar-refractivity contribution is 0.0165. The summed E-state index contributed by atoms with van der Waals surface area (Å²) in [5, 5.41) is 40.0. The number of benzene rings is 2. The van der Waals surface area contributed by atoms with Crippen LogP contribution in [0.15, 0.2) is 36.4 Å². The van der Waals surface area contributed by atoms with Crippen LogP contribution in [0.4, 0.5) is 0 Å². The van der Waals surface area contributed by atoms with Crippen molar-refractivity contribution in [2.24, 2.45) is 0 Å². The molecule has 164 valence electrons. The quantitative estimate of drug-likeness (QED) is 0.390. The maximum absolute atomic E-state index is 9.68. The zero-order chi connectivity index (χ0) is 21.4. The number of aliphatic hydroxyl groups excluding tert-OH is 4. The van der Waals surface area contributed by atoms with Crippen LogP contribution in [0.2, 0.25) is 20.1 Å². The van der Waals surface area contributed by atoms with Gasteiger partial charge >= 0.3 is 0 Å². The van der Waals surface area contributed by atoms with Crippen LogP contribution < -0.4 is 0 Å². The Kier molecular flexibility index (Phi) is 13.4. The second kappa shape index (κ2) is 13.7. The van der Waals surface area contributed by atoms with E-state index in [-0.39, 0.29) is 7.43 Å². The van der Waals surface area contributed by atoms with Gasteiger partial charge in [0, 0.05) is 31.2 Å². The van der Waals surface area contributed by atoms with Crippen LogP contribution in [0.1, 0.15) is 57.5 Å². The first-order chi connectivity index (χ1) is 13.1. The lowest BCUT2D eigenvalue weighted by Gasteiger charge is -2.17. The minimum Gasteiger partial charge on any atom is -0.390 e. The molecule has 0 aliphatic rings. The third kappa shape index (κ3) is 8.60. The predicted octanol–water partition coefficient (Wildman–Crippen LogP) is 6.23. The van der Waals surface area contributed by atoms with Crippen molar-refractivity contribution in [3.05, 3.63) is 67.6 Å². The van der Waals surface area contributed by atoms with Crippen LogP contribution in [0.3, 0.4) is 0 Å². The highest BCUT2D eigenvalue weighted by Crippen LogP contribution is 2.29. The molecule has 0 bridgehead atoms. The van der Waals surface area contributed by atoms with Gasteiger partial charge in [-0.3, -0.25) is 0 Å². The first-order valence-electron chi connectivity index (χ1n) is 8.74. The molecule has 2 aromatic carbocycles. The van der Waals surface area contributed by atoms with E-state index in [9.17, 15) is 20.4 Å². The van der Waals surface area contributed by atoms with Gasteiger partial charge in [0.2, 0.25) is 0 Å². The summed E-state index contributed by atoms with van der Waals surface area (Å²) in [7, 11) is 0. The second-order valence-corrected chi connectivity index (χ2v) is 7.86.